The van der Waals surface area contributed by atoms with Gasteiger partial charge in [-0.15, -0.1) is 0 Å². The molecule has 0 aliphatic carbocycles. The maximum atomic E-state index is 5.38. The molecule has 7 nitrogen and oxygen atoms in total. The summed E-state index contributed by atoms with van der Waals surface area (Å²) >= 11 is 0. The molecule has 0 spiro atoms. The lowest BCUT2D eigenvalue weighted by Gasteiger charge is -2.13. The average Bonchev–Trinajstić information content (AvgIpc) is 4.05. The van der Waals surface area contributed by atoms with Crippen molar-refractivity contribution in [2.45, 2.75) is 0 Å². The molecule has 0 N–H and O–H groups in total. The van der Waals surface area contributed by atoms with Crippen LogP contribution in [-0.2, 0) is 0 Å². The van der Waals surface area contributed by atoms with Gasteiger partial charge in [0, 0.05) is 49.8 Å². The molecule has 13 aromatic rings. The van der Waals surface area contributed by atoms with Gasteiger partial charge in [0.2, 0.25) is 17.8 Å². The highest BCUT2D eigenvalue weighted by atomic mass is 15.3. The van der Waals surface area contributed by atoms with Gasteiger partial charge < -0.3 is 0 Å². The Morgan fingerprint density at radius 1 is 0.262 bits per heavy atom. The zero-order chi connectivity index (χ0) is 42.8. The molecule has 13 rings (SSSR count). The monoisotopic (exact) mass is 831 g/mol. The van der Waals surface area contributed by atoms with Gasteiger partial charge in [0.25, 0.3) is 0 Å². The minimum absolute atomic E-state index is 0.520. The molecule has 0 atom stereocenters. The summed E-state index contributed by atoms with van der Waals surface area (Å²) < 4.78 is 6.46. The first-order valence-corrected chi connectivity index (χ1v) is 21.8. The van der Waals surface area contributed by atoms with E-state index >= 15 is 0 Å². The first-order chi connectivity index (χ1) is 32.2. The van der Waals surface area contributed by atoms with E-state index in [1.807, 2.05) is 12.1 Å². The fourth-order valence-electron chi connectivity index (χ4n) is 9.56. The lowest BCUT2D eigenvalue weighted by Crippen LogP contribution is -2.13. The number of hydrogen-bond donors (Lipinski definition) is 0. The van der Waals surface area contributed by atoms with Crippen LogP contribution in [0.5, 0.6) is 0 Å². The summed E-state index contributed by atoms with van der Waals surface area (Å²) in [4.78, 5) is 21.2. The molecule has 5 heterocycles. The van der Waals surface area contributed by atoms with Gasteiger partial charge in [-0.1, -0.05) is 176 Å². The van der Waals surface area contributed by atoms with Crippen LogP contribution in [0, 0.1) is 0 Å². The fourth-order valence-corrected chi connectivity index (χ4v) is 9.56. The maximum absolute atomic E-state index is 5.38. The van der Waals surface area contributed by atoms with Crippen LogP contribution in [0.15, 0.2) is 225 Å². The molecule has 0 amide bonds. The van der Waals surface area contributed by atoms with Crippen molar-refractivity contribution in [2.75, 3.05) is 0 Å². The first-order valence-electron chi connectivity index (χ1n) is 21.8. The molecule has 0 fully saturated rings. The van der Waals surface area contributed by atoms with E-state index in [1.54, 1.807) is 0 Å². The van der Waals surface area contributed by atoms with Gasteiger partial charge in [-0.25, -0.2) is 4.98 Å². The summed E-state index contributed by atoms with van der Waals surface area (Å²) in [6.07, 6.45) is 2.17. The number of pyridine rings is 1. The molecular formula is C58H37N7. The second-order valence-corrected chi connectivity index (χ2v) is 16.3. The zero-order valence-corrected chi connectivity index (χ0v) is 35.0. The van der Waals surface area contributed by atoms with Crippen molar-refractivity contribution in [3.05, 3.63) is 225 Å². The lowest BCUT2D eigenvalue weighted by molar-refractivity contribution is 0.840. The van der Waals surface area contributed by atoms with Crippen molar-refractivity contribution in [1.29, 1.82) is 0 Å². The van der Waals surface area contributed by atoms with E-state index < -0.39 is 0 Å². The average molecular weight is 832 g/mol. The lowest BCUT2D eigenvalue weighted by atomic mass is 9.97. The van der Waals surface area contributed by atoms with Gasteiger partial charge >= 0.3 is 0 Å². The van der Waals surface area contributed by atoms with Crippen LogP contribution in [0.1, 0.15) is 0 Å². The predicted octanol–water partition coefficient (Wildman–Crippen LogP) is 14.1. The Bertz CT molecular complexity index is 3640. The number of benzene rings is 8. The van der Waals surface area contributed by atoms with Gasteiger partial charge in [0.05, 0.1) is 39.0 Å². The highest BCUT2D eigenvalue weighted by Crippen LogP contribution is 2.38. The van der Waals surface area contributed by atoms with Crippen molar-refractivity contribution in [1.82, 2.24) is 33.6 Å². The SMILES string of the molecule is c1ccc(-c2cc(-c3ccc(-c4cn(-c5nc(-n6c7ccccc7c7ccccc76)nc(-n6c7ccccc7c7ccccc76)n5)c5ccccc45)cc3)cc(-c3ccccc3)n2)cc1. The van der Waals surface area contributed by atoms with Crippen molar-refractivity contribution < 1.29 is 0 Å². The molecule has 7 heteroatoms. The molecule has 5 aromatic heterocycles. The van der Waals surface area contributed by atoms with Crippen LogP contribution in [0.3, 0.4) is 0 Å². The minimum atomic E-state index is 0.520. The van der Waals surface area contributed by atoms with Crippen LogP contribution in [0.4, 0.5) is 0 Å². The van der Waals surface area contributed by atoms with Gasteiger partial charge in [-0.2, -0.15) is 15.0 Å². The molecular weight excluding hydrogens is 795 g/mol. The Morgan fingerprint density at radius 2 is 0.631 bits per heavy atom. The molecule has 0 radical (unpaired) electrons. The Kier molecular flexibility index (Phi) is 8.39. The smallest absolute Gasteiger partial charge is 0.241 e. The standard InChI is InChI=1S/C58H37N7/c1-3-17-40(18-4-1)49-35-42(36-50(59-49)41-19-5-2-6-20-41)38-31-33-39(34-32-38)48-37-63(51-26-12-7-25-47(48)51)56-60-57(64-52-27-13-8-21-43(52)44-22-9-14-28-53(44)64)62-58(61-56)65-54-29-15-10-23-45(54)46-24-11-16-30-55(46)65/h1-37H. The van der Waals surface area contributed by atoms with Crippen molar-refractivity contribution in [3.8, 4) is 62.6 Å². The number of hydrogen-bond acceptors (Lipinski definition) is 4. The molecule has 0 aliphatic heterocycles. The van der Waals surface area contributed by atoms with E-state index in [2.05, 4.69) is 226 Å². The second-order valence-electron chi connectivity index (χ2n) is 16.3. The Hall–Kier alpha value is -8.94. The summed E-state index contributed by atoms with van der Waals surface area (Å²) in [7, 11) is 0. The number of nitrogens with zero attached hydrogens (tertiary/aromatic N) is 7. The normalized spacial score (nSPS) is 11.7. The summed E-state index contributed by atoms with van der Waals surface area (Å²) in [5.41, 5.74) is 13.5. The topological polar surface area (TPSA) is 66.3 Å². The molecule has 8 aromatic carbocycles. The highest BCUT2D eigenvalue weighted by Gasteiger charge is 2.22. The van der Waals surface area contributed by atoms with E-state index in [1.165, 1.54) is 0 Å². The third-order valence-electron chi connectivity index (χ3n) is 12.6. The van der Waals surface area contributed by atoms with E-state index in [4.69, 9.17) is 19.9 Å². The van der Waals surface area contributed by atoms with Crippen LogP contribution in [0.2, 0.25) is 0 Å². The number of rotatable bonds is 7. The second kappa shape index (κ2) is 14.9. The van der Waals surface area contributed by atoms with Crippen LogP contribution >= 0.6 is 0 Å². The van der Waals surface area contributed by atoms with E-state index in [9.17, 15) is 0 Å². The summed E-state index contributed by atoms with van der Waals surface area (Å²) in [5, 5.41) is 5.65. The largest absolute Gasteiger partial charge is 0.285 e. The molecule has 0 bridgehead atoms. The molecule has 0 saturated carbocycles. The van der Waals surface area contributed by atoms with Crippen molar-refractivity contribution in [3.63, 3.8) is 0 Å². The van der Waals surface area contributed by atoms with Crippen molar-refractivity contribution in [2.24, 2.45) is 0 Å². The minimum Gasteiger partial charge on any atom is -0.285 e. The summed E-state index contributed by atoms with van der Waals surface area (Å²) in [6, 6.07) is 76.4. The maximum Gasteiger partial charge on any atom is 0.241 e. The number of para-hydroxylation sites is 5. The third kappa shape index (κ3) is 6.05. The van der Waals surface area contributed by atoms with E-state index in [-0.39, 0.29) is 0 Å². The summed E-state index contributed by atoms with van der Waals surface area (Å²) in [5.74, 6) is 1.59. The zero-order valence-electron chi connectivity index (χ0n) is 35.0. The number of fused-ring (bicyclic) bond motifs is 7. The highest BCUT2D eigenvalue weighted by molar-refractivity contribution is 6.10. The molecule has 304 valence electrons. The van der Waals surface area contributed by atoms with E-state index in [0.29, 0.717) is 17.8 Å². The first kappa shape index (κ1) is 36.7. The van der Waals surface area contributed by atoms with Gasteiger partial charge in [-0.05, 0) is 59.2 Å². The Balaban J connectivity index is 0.996. The quantitative estimate of drug-likeness (QED) is 0.160. The van der Waals surface area contributed by atoms with Gasteiger partial charge in [0.1, 0.15) is 0 Å². The molecule has 0 aliphatic rings. The van der Waals surface area contributed by atoms with Crippen LogP contribution in [0.25, 0.3) is 117 Å². The third-order valence-corrected chi connectivity index (χ3v) is 12.6. The Labute approximate surface area is 373 Å². The fraction of sp³-hybridized carbons (Fsp3) is 0. The predicted molar refractivity (Wildman–Crippen MR) is 265 cm³/mol. The molecule has 0 saturated heterocycles. The van der Waals surface area contributed by atoms with Crippen molar-refractivity contribution >= 4 is 54.5 Å². The van der Waals surface area contributed by atoms with Crippen LogP contribution < -0.4 is 0 Å². The van der Waals surface area contributed by atoms with E-state index in [0.717, 1.165) is 99.3 Å². The molecule has 65 heavy (non-hydrogen) atoms. The van der Waals surface area contributed by atoms with Crippen LogP contribution in [-0.4, -0.2) is 33.6 Å². The summed E-state index contributed by atoms with van der Waals surface area (Å²) in [6.45, 7) is 0. The number of aromatic nitrogens is 7. The molecule has 0 unspecified atom stereocenters. The van der Waals surface area contributed by atoms with Gasteiger partial charge in [-0.3, -0.25) is 13.7 Å². The van der Waals surface area contributed by atoms with Gasteiger partial charge in [0.15, 0.2) is 0 Å². The Morgan fingerprint density at radius 3 is 1.09 bits per heavy atom.